The lowest BCUT2D eigenvalue weighted by atomic mass is 9.89. The van der Waals surface area contributed by atoms with Crippen molar-refractivity contribution in [2.24, 2.45) is 0 Å². The highest BCUT2D eigenvalue weighted by Crippen LogP contribution is 2.45. The predicted molar refractivity (Wildman–Crippen MR) is 263 cm³/mol. The highest BCUT2D eigenvalue weighted by Gasteiger charge is 2.20. The van der Waals surface area contributed by atoms with Crippen LogP contribution in [0.3, 0.4) is 0 Å². The Bertz CT molecular complexity index is 3600. The van der Waals surface area contributed by atoms with Crippen LogP contribution < -0.4 is 4.90 Å². The Kier molecular flexibility index (Phi) is 8.53. The second-order valence-electron chi connectivity index (χ2n) is 16.0. The SMILES string of the molecule is c1ccc(-c2ccc(-c3c(-c4ccc(N(c5ccc(-c6cccc7c6oc6ccccc67)cc5)c5cc6ccccc6c6ccccc56)cc4)ccc4ccccc34)cc2)cc1. The van der Waals surface area contributed by atoms with Crippen LogP contribution in [0.25, 0.3) is 98.8 Å². The van der Waals surface area contributed by atoms with E-state index in [0.29, 0.717) is 0 Å². The molecule has 0 unspecified atom stereocenters. The van der Waals surface area contributed by atoms with Gasteiger partial charge in [-0.25, -0.2) is 0 Å². The van der Waals surface area contributed by atoms with E-state index in [-0.39, 0.29) is 0 Å². The molecule has 0 aliphatic rings. The molecule has 0 radical (unpaired) electrons. The number of benzene rings is 11. The van der Waals surface area contributed by atoms with Gasteiger partial charge in [-0.1, -0.05) is 200 Å². The van der Waals surface area contributed by atoms with Crippen molar-refractivity contribution in [2.75, 3.05) is 4.90 Å². The first-order valence-corrected chi connectivity index (χ1v) is 21.2. The molecule has 12 aromatic rings. The topological polar surface area (TPSA) is 16.4 Å². The summed E-state index contributed by atoms with van der Waals surface area (Å²) in [5.41, 5.74) is 14.5. The van der Waals surface area contributed by atoms with Crippen LogP contribution in [0.5, 0.6) is 0 Å². The van der Waals surface area contributed by atoms with Gasteiger partial charge in [0.05, 0.1) is 5.69 Å². The van der Waals surface area contributed by atoms with Gasteiger partial charge in [0.15, 0.2) is 0 Å². The smallest absolute Gasteiger partial charge is 0.143 e. The highest BCUT2D eigenvalue weighted by molar-refractivity contribution is 6.15. The van der Waals surface area contributed by atoms with E-state index < -0.39 is 0 Å². The Morgan fingerprint density at radius 3 is 1.56 bits per heavy atom. The number of fused-ring (bicyclic) bond motifs is 7. The lowest BCUT2D eigenvalue weighted by Crippen LogP contribution is -2.10. The van der Waals surface area contributed by atoms with Gasteiger partial charge in [-0.05, 0) is 102 Å². The fraction of sp³-hybridized carbons (Fsp3) is 0. The molecule has 1 aromatic heterocycles. The molecule has 0 amide bonds. The monoisotopic (exact) mass is 789 g/mol. The van der Waals surface area contributed by atoms with Gasteiger partial charge < -0.3 is 9.32 Å². The molecule has 1 heterocycles. The normalized spacial score (nSPS) is 11.5. The van der Waals surface area contributed by atoms with Gasteiger partial charge in [-0.15, -0.1) is 0 Å². The second kappa shape index (κ2) is 14.8. The number of furan rings is 1. The molecule has 0 spiro atoms. The van der Waals surface area contributed by atoms with Crippen molar-refractivity contribution in [1.82, 2.24) is 0 Å². The van der Waals surface area contributed by atoms with Crippen LogP contribution in [-0.2, 0) is 0 Å². The number of para-hydroxylation sites is 2. The molecular weight excluding hydrogens is 751 g/mol. The van der Waals surface area contributed by atoms with Gasteiger partial charge >= 0.3 is 0 Å². The van der Waals surface area contributed by atoms with Crippen molar-refractivity contribution >= 4 is 71.3 Å². The Morgan fingerprint density at radius 1 is 0.290 bits per heavy atom. The van der Waals surface area contributed by atoms with Gasteiger partial charge in [0, 0.05) is 33.1 Å². The van der Waals surface area contributed by atoms with Crippen molar-refractivity contribution in [3.8, 4) is 44.5 Å². The molecule has 12 rings (SSSR count). The van der Waals surface area contributed by atoms with Crippen molar-refractivity contribution in [2.45, 2.75) is 0 Å². The average molecular weight is 790 g/mol. The van der Waals surface area contributed by atoms with Gasteiger partial charge in [0.25, 0.3) is 0 Å². The molecule has 0 fully saturated rings. The van der Waals surface area contributed by atoms with Gasteiger partial charge in [0.1, 0.15) is 11.2 Å². The van der Waals surface area contributed by atoms with Crippen LogP contribution >= 0.6 is 0 Å². The molecule has 290 valence electrons. The zero-order valence-corrected chi connectivity index (χ0v) is 33.9. The maximum atomic E-state index is 6.46. The zero-order chi connectivity index (χ0) is 41.0. The number of hydrogen-bond donors (Lipinski definition) is 0. The Morgan fingerprint density at radius 2 is 0.823 bits per heavy atom. The summed E-state index contributed by atoms with van der Waals surface area (Å²) in [4.78, 5) is 2.41. The summed E-state index contributed by atoms with van der Waals surface area (Å²) in [5, 5.41) is 9.61. The van der Waals surface area contributed by atoms with Crippen LogP contribution in [0.4, 0.5) is 17.1 Å². The molecule has 0 atom stereocenters. The molecule has 0 saturated heterocycles. The molecule has 0 aliphatic heterocycles. The molecule has 0 N–H and O–H groups in total. The maximum absolute atomic E-state index is 6.46. The van der Waals surface area contributed by atoms with Crippen LogP contribution in [0, 0.1) is 0 Å². The average Bonchev–Trinajstić information content (AvgIpc) is 3.74. The first-order chi connectivity index (χ1) is 30.7. The first kappa shape index (κ1) is 35.7. The summed E-state index contributed by atoms with van der Waals surface area (Å²) >= 11 is 0. The summed E-state index contributed by atoms with van der Waals surface area (Å²) in [5.74, 6) is 0. The predicted octanol–water partition coefficient (Wildman–Crippen LogP) is 17.2. The maximum Gasteiger partial charge on any atom is 0.143 e. The van der Waals surface area contributed by atoms with Crippen LogP contribution in [0.2, 0.25) is 0 Å². The van der Waals surface area contributed by atoms with E-state index in [0.717, 1.165) is 50.1 Å². The Hall–Kier alpha value is -8.20. The molecule has 2 nitrogen and oxygen atoms in total. The molecule has 0 bridgehead atoms. The number of anilines is 3. The summed E-state index contributed by atoms with van der Waals surface area (Å²) in [6, 6.07) is 85.5. The fourth-order valence-electron chi connectivity index (χ4n) is 9.48. The van der Waals surface area contributed by atoms with E-state index in [1.54, 1.807) is 0 Å². The molecular formula is C60H39NO. The number of nitrogens with zero attached hydrogens (tertiary/aromatic N) is 1. The summed E-state index contributed by atoms with van der Waals surface area (Å²) in [7, 11) is 0. The summed E-state index contributed by atoms with van der Waals surface area (Å²) in [6.45, 7) is 0. The quantitative estimate of drug-likeness (QED) is 0.150. The minimum Gasteiger partial charge on any atom is -0.455 e. The van der Waals surface area contributed by atoms with E-state index in [4.69, 9.17) is 4.42 Å². The Balaban J connectivity index is 0.997. The first-order valence-electron chi connectivity index (χ1n) is 21.2. The minimum absolute atomic E-state index is 0.904. The van der Waals surface area contributed by atoms with Crippen LogP contribution in [0.1, 0.15) is 0 Å². The lowest BCUT2D eigenvalue weighted by Gasteiger charge is -2.28. The van der Waals surface area contributed by atoms with Crippen LogP contribution in [0.15, 0.2) is 241 Å². The molecule has 0 aliphatic carbocycles. The van der Waals surface area contributed by atoms with E-state index in [1.165, 1.54) is 65.7 Å². The number of rotatable bonds is 7. The Labute approximate surface area is 360 Å². The molecule has 62 heavy (non-hydrogen) atoms. The van der Waals surface area contributed by atoms with E-state index in [2.05, 4.69) is 229 Å². The zero-order valence-electron chi connectivity index (χ0n) is 33.9. The van der Waals surface area contributed by atoms with Gasteiger partial charge in [0.2, 0.25) is 0 Å². The van der Waals surface area contributed by atoms with Crippen LogP contribution in [-0.4, -0.2) is 0 Å². The van der Waals surface area contributed by atoms with E-state index >= 15 is 0 Å². The lowest BCUT2D eigenvalue weighted by molar-refractivity contribution is 0.670. The van der Waals surface area contributed by atoms with E-state index in [1.807, 2.05) is 12.1 Å². The third-order valence-corrected chi connectivity index (χ3v) is 12.5. The molecule has 0 saturated carbocycles. The van der Waals surface area contributed by atoms with E-state index in [9.17, 15) is 0 Å². The van der Waals surface area contributed by atoms with Crippen molar-refractivity contribution in [1.29, 1.82) is 0 Å². The summed E-state index contributed by atoms with van der Waals surface area (Å²) in [6.07, 6.45) is 0. The molecule has 11 aromatic carbocycles. The highest BCUT2D eigenvalue weighted by atomic mass is 16.3. The standard InChI is InChI=1S/C60H39NO/c1-2-13-40(14-3-1)41-25-27-45(28-26-41)59-50-18-7-4-15-42(50)33-38-51(59)43-29-34-47(35-30-43)61(57-39-46-16-5-6-17-49(46)53-19-8-9-20-54(53)57)48-36-31-44(32-37-48)52-22-12-23-56-55-21-10-11-24-58(55)62-60(52)56/h1-39H. The van der Waals surface area contributed by atoms with Crippen molar-refractivity contribution < 1.29 is 4.42 Å². The van der Waals surface area contributed by atoms with Crippen molar-refractivity contribution in [3.05, 3.63) is 237 Å². The van der Waals surface area contributed by atoms with Gasteiger partial charge in [-0.2, -0.15) is 0 Å². The fourth-order valence-corrected chi connectivity index (χ4v) is 9.48. The molecule has 2 heteroatoms. The third-order valence-electron chi connectivity index (χ3n) is 12.5. The minimum atomic E-state index is 0.904. The van der Waals surface area contributed by atoms with Gasteiger partial charge in [-0.3, -0.25) is 0 Å². The third kappa shape index (κ3) is 6.04. The number of hydrogen-bond acceptors (Lipinski definition) is 2. The van der Waals surface area contributed by atoms with Crippen molar-refractivity contribution in [3.63, 3.8) is 0 Å². The summed E-state index contributed by atoms with van der Waals surface area (Å²) < 4.78 is 6.46. The second-order valence-corrected chi connectivity index (χ2v) is 16.0. The largest absolute Gasteiger partial charge is 0.455 e.